The summed E-state index contributed by atoms with van der Waals surface area (Å²) in [5.74, 6) is 0.153. The fourth-order valence-corrected chi connectivity index (χ4v) is 3.08. The van der Waals surface area contributed by atoms with Gasteiger partial charge in [0.15, 0.2) is 0 Å². The van der Waals surface area contributed by atoms with Gasteiger partial charge in [-0.25, -0.2) is 0 Å². The number of hydrogen-bond acceptors (Lipinski definition) is 4. The second kappa shape index (κ2) is 7.24. The maximum atomic E-state index is 12.4. The molecular weight excluding hydrogens is 282 g/mol. The summed E-state index contributed by atoms with van der Waals surface area (Å²) in [6.45, 7) is 6.97. The molecule has 1 fully saturated rings. The van der Waals surface area contributed by atoms with E-state index < -0.39 is 0 Å². The molecule has 1 aliphatic heterocycles. The summed E-state index contributed by atoms with van der Waals surface area (Å²) in [5, 5.41) is 4.22. The molecule has 2 rings (SSSR count). The minimum atomic E-state index is 0.0953. The summed E-state index contributed by atoms with van der Waals surface area (Å²) in [5.41, 5.74) is 1.20. The Morgan fingerprint density at radius 2 is 2.18 bits per heavy atom. The van der Waals surface area contributed by atoms with Gasteiger partial charge in [0.2, 0.25) is 5.91 Å². The van der Waals surface area contributed by atoms with Gasteiger partial charge in [-0.2, -0.15) is 5.10 Å². The average Bonchev–Trinajstić information content (AvgIpc) is 2.85. The molecule has 6 nitrogen and oxygen atoms in total. The van der Waals surface area contributed by atoms with Crippen LogP contribution in [0.4, 0.5) is 0 Å². The van der Waals surface area contributed by atoms with Gasteiger partial charge in [0.05, 0.1) is 25.3 Å². The van der Waals surface area contributed by atoms with Crippen LogP contribution in [-0.4, -0.2) is 54.1 Å². The van der Waals surface area contributed by atoms with E-state index in [1.54, 1.807) is 11.8 Å². The third kappa shape index (κ3) is 3.87. The van der Waals surface area contributed by atoms with E-state index in [0.717, 1.165) is 18.5 Å². The monoisotopic (exact) mass is 309 g/mol. The lowest BCUT2D eigenvalue weighted by molar-refractivity contribution is -0.153. The number of aromatic nitrogens is 2. The lowest BCUT2D eigenvalue weighted by atomic mass is 9.72. The van der Waals surface area contributed by atoms with Crippen LogP contribution >= 0.6 is 0 Å². The van der Waals surface area contributed by atoms with Crippen LogP contribution in [0.3, 0.4) is 0 Å². The Hall–Kier alpha value is -1.40. The predicted octanol–water partition coefficient (Wildman–Crippen LogP) is 1.77. The summed E-state index contributed by atoms with van der Waals surface area (Å²) in [6, 6.07) is 0.113. The van der Waals surface area contributed by atoms with Gasteiger partial charge in [0.1, 0.15) is 0 Å². The lowest BCUT2D eigenvalue weighted by Gasteiger charge is -2.54. The topological polar surface area (TPSA) is 56.6 Å². The number of aryl methyl sites for hydroxylation is 1. The number of carbonyl (C=O) groups is 1. The molecule has 22 heavy (non-hydrogen) atoms. The molecule has 6 heteroatoms. The molecule has 2 heterocycles. The van der Waals surface area contributed by atoms with Gasteiger partial charge in [-0.15, -0.1) is 0 Å². The van der Waals surface area contributed by atoms with Crippen molar-refractivity contribution < 1.29 is 14.3 Å². The van der Waals surface area contributed by atoms with E-state index in [4.69, 9.17) is 9.47 Å². The molecule has 1 aromatic heterocycles. The summed E-state index contributed by atoms with van der Waals surface area (Å²) in [7, 11) is 3.57. The Morgan fingerprint density at radius 1 is 1.41 bits per heavy atom. The number of amides is 1. The second-order valence-corrected chi connectivity index (χ2v) is 6.57. The minimum Gasteiger partial charge on any atom is -0.385 e. The van der Waals surface area contributed by atoms with Gasteiger partial charge >= 0.3 is 0 Å². The number of hydrogen-bond donors (Lipinski definition) is 0. The first kappa shape index (κ1) is 17.0. The van der Waals surface area contributed by atoms with Gasteiger partial charge in [0, 0.05) is 51.1 Å². The number of ether oxygens (including phenoxy) is 2. The zero-order valence-electron chi connectivity index (χ0n) is 14.0. The van der Waals surface area contributed by atoms with Crippen LogP contribution < -0.4 is 0 Å². The molecule has 0 saturated carbocycles. The SMILES string of the molecule is COCCCOCCC(=O)N1CC(C)(C)C1c1cnn(C)c1. The van der Waals surface area contributed by atoms with Crippen LogP contribution in [0.1, 0.15) is 38.3 Å². The second-order valence-electron chi connectivity index (χ2n) is 6.57. The van der Waals surface area contributed by atoms with Gasteiger partial charge in [0.25, 0.3) is 0 Å². The first-order valence-corrected chi connectivity index (χ1v) is 7.80. The fraction of sp³-hybridized carbons (Fsp3) is 0.750. The van der Waals surface area contributed by atoms with Crippen molar-refractivity contribution in [2.45, 2.75) is 32.7 Å². The van der Waals surface area contributed by atoms with Crippen LogP contribution in [0, 0.1) is 5.41 Å². The summed E-state index contributed by atoms with van der Waals surface area (Å²) < 4.78 is 12.2. The third-order valence-corrected chi connectivity index (χ3v) is 4.09. The van der Waals surface area contributed by atoms with Crippen molar-refractivity contribution in [2.24, 2.45) is 12.5 Å². The molecule has 1 amide bonds. The van der Waals surface area contributed by atoms with Crippen molar-refractivity contribution in [1.82, 2.24) is 14.7 Å². The molecule has 0 N–H and O–H groups in total. The van der Waals surface area contributed by atoms with Gasteiger partial charge in [-0.3, -0.25) is 9.48 Å². The zero-order valence-corrected chi connectivity index (χ0v) is 14.0. The molecule has 1 aliphatic rings. The van der Waals surface area contributed by atoms with Crippen LogP contribution in [-0.2, 0) is 21.3 Å². The molecule has 1 aromatic rings. The van der Waals surface area contributed by atoms with E-state index in [-0.39, 0.29) is 17.4 Å². The van der Waals surface area contributed by atoms with Crippen molar-refractivity contribution in [3.05, 3.63) is 18.0 Å². The number of nitrogens with zero attached hydrogens (tertiary/aromatic N) is 3. The highest BCUT2D eigenvalue weighted by Crippen LogP contribution is 2.48. The number of likely N-dealkylation sites (tertiary alicyclic amines) is 1. The normalized spacial score (nSPS) is 20.0. The summed E-state index contributed by atoms with van der Waals surface area (Å²) in [6.07, 6.45) is 5.14. The van der Waals surface area contributed by atoms with E-state index in [1.807, 2.05) is 24.3 Å². The van der Waals surface area contributed by atoms with Gasteiger partial charge < -0.3 is 14.4 Å². The highest BCUT2D eigenvalue weighted by atomic mass is 16.5. The smallest absolute Gasteiger partial charge is 0.225 e. The van der Waals surface area contributed by atoms with E-state index in [9.17, 15) is 4.79 Å². The summed E-state index contributed by atoms with van der Waals surface area (Å²) >= 11 is 0. The minimum absolute atomic E-state index is 0.0953. The third-order valence-electron chi connectivity index (χ3n) is 4.09. The van der Waals surface area contributed by atoms with Crippen molar-refractivity contribution in [1.29, 1.82) is 0 Å². The molecule has 0 aromatic carbocycles. The van der Waals surface area contributed by atoms with Gasteiger partial charge in [-0.05, 0) is 6.42 Å². The molecule has 124 valence electrons. The highest BCUT2D eigenvalue weighted by Gasteiger charge is 2.48. The number of methoxy groups -OCH3 is 1. The molecule has 0 aliphatic carbocycles. The Bertz CT molecular complexity index is 499. The number of carbonyl (C=O) groups excluding carboxylic acids is 1. The first-order valence-electron chi connectivity index (χ1n) is 7.80. The van der Waals surface area contributed by atoms with Crippen LogP contribution in [0.15, 0.2) is 12.4 Å². The van der Waals surface area contributed by atoms with Crippen molar-refractivity contribution in [3.8, 4) is 0 Å². The van der Waals surface area contributed by atoms with E-state index in [0.29, 0.717) is 26.2 Å². The van der Waals surface area contributed by atoms with Crippen LogP contribution in [0.25, 0.3) is 0 Å². The average molecular weight is 309 g/mol. The Morgan fingerprint density at radius 3 is 2.77 bits per heavy atom. The highest BCUT2D eigenvalue weighted by molar-refractivity contribution is 5.78. The molecule has 0 spiro atoms. The first-order chi connectivity index (χ1) is 10.5. The quantitative estimate of drug-likeness (QED) is 0.687. The van der Waals surface area contributed by atoms with E-state index in [1.165, 1.54) is 0 Å². The van der Waals surface area contributed by atoms with Crippen molar-refractivity contribution in [3.63, 3.8) is 0 Å². The molecule has 1 atom stereocenters. The van der Waals surface area contributed by atoms with Crippen LogP contribution in [0.2, 0.25) is 0 Å². The maximum Gasteiger partial charge on any atom is 0.225 e. The molecular formula is C16H27N3O3. The van der Waals surface area contributed by atoms with Crippen molar-refractivity contribution >= 4 is 5.91 Å². The van der Waals surface area contributed by atoms with E-state index >= 15 is 0 Å². The molecule has 1 saturated heterocycles. The van der Waals surface area contributed by atoms with Crippen molar-refractivity contribution in [2.75, 3.05) is 33.5 Å². The summed E-state index contributed by atoms with van der Waals surface area (Å²) in [4.78, 5) is 14.3. The molecule has 1 unspecified atom stereocenters. The Kier molecular flexibility index (Phi) is 5.58. The standard InChI is InChI=1S/C16H27N3O3/c1-16(2)12-19(15(16)13-10-17-18(3)11-13)14(20)6-9-22-8-5-7-21-4/h10-11,15H,5-9,12H2,1-4H3. The molecule has 0 bridgehead atoms. The predicted molar refractivity (Wildman–Crippen MR) is 83.4 cm³/mol. The Labute approximate surface area is 132 Å². The largest absolute Gasteiger partial charge is 0.385 e. The zero-order chi connectivity index (χ0) is 16.2. The number of rotatable bonds is 8. The molecule has 0 radical (unpaired) electrons. The Balaban J connectivity index is 1.82. The fourth-order valence-electron chi connectivity index (χ4n) is 3.08. The maximum absolute atomic E-state index is 12.4. The van der Waals surface area contributed by atoms with E-state index in [2.05, 4.69) is 18.9 Å². The van der Waals surface area contributed by atoms with Crippen LogP contribution in [0.5, 0.6) is 0 Å². The lowest BCUT2D eigenvalue weighted by Crippen LogP contribution is -2.57. The van der Waals surface area contributed by atoms with Gasteiger partial charge in [-0.1, -0.05) is 13.8 Å².